The van der Waals surface area contributed by atoms with Crippen molar-refractivity contribution in [1.82, 2.24) is 14.7 Å². The maximum Gasteiger partial charge on any atom is 0.222 e. The first-order valence-electron chi connectivity index (χ1n) is 8.74. The topological polar surface area (TPSA) is 26.8 Å². The fourth-order valence-corrected chi connectivity index (χ4v) is 3.61. The van der Waals surface area contributed by atoms with Gasteiger partial charge in [0.25, 0.3) is 0 Å². The molecule has 2 aliphatic rings. The van der Waals surface area contributed by atoms with Gasteiger partial charge in [-0.05, 0) is 19.4 Å². The highest BCUT2D eigenvalue weighted by atomic mass is 19.1. The molecule has 2 aliphatic heterocycles. The second-order valence-electron chi connectivity index (χ2n) is 6.70. The number of benzene rings is 1. The molecule has 1 aromatic carbocycles. The summed E-state index contributed by atoms with van der Waals surface area (Å²) < 4.78 is 27.0. The zero-order valence-electron chi connectivity index (χ0n) is 14.2. The molecule has 2 heterocycles. The molecule has 1 atom stereocenters. The minimum Gasteiger partial charge on any atom is -0.341 e. The van der Waals surface area contributed by atoms with E-state index in [1.165, 1.54) is 6.07 Å². The summed E-state index contributed by atoms with van der Waals surface area (Å²) >= 11 is 0. The number of amides is 1. The average Bonchev–Trinajstić information content (AvgIpc) is 2.98. The molecule has 0 aromatic heterocycles. The molecule has 1 amide bonds. The van der Waals surface area contributed by atoms with Crippen LogP contribution in [0.4, 0.5) is 8.78 Å². The Morgan fingerprint density at radius 1 is 1.08 bits per heavy atom. The summed E-state index contributed by atoms with van der Waals surface area (Å²) in [6.45, 7) is 8.09. The molecule has 1 aromatic rings. The summed E-state index contributed by atoms with van der Waals surface area (Å²) in [7, 11) is 0. The Kier molecular flexibility index (Phi) is 5.46. The zero-order chi connectivity index (χ0) is 17.1. The maximum atomic E-state index is 13.9. The summed E-state index contributed by atoms with van der Waals surface area (Å²) in [5.74, 6) is -0.740. The Hall–Kier alpha value is -1.53. The zero-order valence-corrected chi connectivity index (χ0v) is 14.2. The van der Waals surface area contributed by atoms with Crippen LogP contribution in [0, 0.1) is 11.6 Å². The van der Waals surface area contributed by atoms with E-state index < -0.39 is 11.6 Å². The highest BCUT2D eigenvalue weighted by molar-refractivity contribution is 5.78. The Morgan fingerprint density at radius 3 is 2.46 bits per heavy atom. The van der Waals surface area contributed by atoms with E-state index in [2.05, 4.69) is 9.80 Å². The van der Waals surface area contributed by atoms with Crippen molar-refractivity contribution in [2.45, 2.75) is 25.8 Å². The highest BCUT2D eigenvalue weighted by Gasteiger charge is 2.25. The van der Waals surface area contributed by atoms with Gasteiger partial charge in [-0.15, -0.1) is 0 Å². The third-order valence-corrected chi connectivity index (χ3v) is 5.22. The van der Waals surface area contributed by atoms with Crippen molar-refractivity contribution in [2.75, 3.05) is 45.8 Å². The van der Waals surface area contributed by atoms with E-state index >= 15 is 0 Å². The normalized spacial score (nSPS) is 21.5. The molecule has 0 unspecified atom stereocenters. The third kappa shape index (κ3) is 3.92. The van der Waals surface area contributed by atoms with Gasteiger partial charge in [-0.1, -0.05) is 6.07 Å². The monoisotopic (exact) mass is 337 g/mol. The van der Waals surface area contributed by atoms with Crippen molar-refractivity contribution < 1.29 is 13.6 Å². The minimum atomic E-state index is -0.537. The number of rotatable bonds is 5. The fourth-order valence-electron chi connectivity index (χ4n) is 3.61. The molecule has 3 rings (SSSR count). The summed E-state index contributed by atoms with van der Waals surface area (Å²) in [5.41, 5.74) is 0.549. The molecule has 0 aliphatic carbocycles. The Labute approximate surface area is 142 Å². The molecule has 4 nitrogen and oxygen atoms in total. The molecule has 24 heavy (non-hydrogen) atoms. The largest absolute Gasteiger partial charge is 0.341 e. The van der Waals surface area contributed by atoms with E-state index in [0.29, 0.717) is 12.0 Å². The third-order valence-electron chi connectivity index (χ3n) is 5.22. The van der Waals surface area contributed by atoms with Crippen molar-refractivity contribution in [2.24, 2.45) is 0 Å². The number of hydrogen-bond acceptors (Lipinski definition) is 3. The van der Waals surface area contributed by atoms with Gasteiger partial charge in [0.15, 0.2) is 0 Å². The molecule has 0 radical (unpaired) electrons. The van der Waals surface area contributed by atoms with E-state index in [9.17, 15) is 13.6 Å². The van der Waals surface area contributed by atoms with Crippen LogP contribution in [0.15, 0.2) is 18.2 Å². The SMILES string of the molecule is C[C@@H](c1ccc(F)cc1F)N1CCN(CCN2CCCC2=O)CC1. The second kappa shape index (κ2) is 7.57. The van der Waals surface area contributed by atoms with E-state index in [1.807, 2.05) is 11.8 Å². The standard InChI is InChI=1S/C18H25F2N3O/c1-14(16-5-4-15(19)13-17(16)20)22-10-7-21(8-11-22)9-12-23-6-2-3-18(23)24/h4-5,13-14H,2-3,6-12H2,1H3/t14-/m0/s1. The number of carbonyl (C=O) groups is 1. The first kappa shape index (κ1) is 17.3. The van der Waals surface area contributed by atoms with Gasteiger partial charge in [-0.25, -0.2) is 8.78 Å². The smallest absolute Gasteiger partial charge is 0.222 e. The van der Waals surface area contributed by atoms with Gasteiger partial charge >= 0.3 is 0 Å². The van der Waals surface area contributed by atoms with Crippen LogP contribution in [0.2, 0.25) is 0 Å². The van der Waals surface area contributed by atoms with Gasteiger partial charge < -0.3 is 4.90 Å². The lowest BCUT2D eigenvalue weighted by Gasteiger charge is -2.38. The van der Waals surface area contributed by atoms with E-state index in [-0.39, 0.29) is 11.9 Å². The van der Waals surface area contributed by atoms with Gasteiger partial charge in [0.1, 0.15) is 11.6 Å². The summed E-state index contributed by atoms with van der Waals surface area (Å²) in [4.78, 5) is 18.2. The Bertz CT molecular complexity index is 588. The number of hydrogen-bond donors (Lipinski definition) is 0. The van der Waals surface area contributed by atoms with Crippen molar-refractivity contribution in [3.05, 3.63) is 35.4 Å². The van der Waals surface area contributed by atoms with Crippen molar-refractivity contribution >= 4 is 5.91 Å². The Morgan fingerprint density at radius 2 is 1.83 bits per heavy atom. The van der Waals surface area contributed by atoms with Gasteiger partial charge in [0, 0.05) is 69.9 Å². The Balaban J connectivity index is 1.48. The lowest BCUT2D eigenvalue weighted by atomic mass is 10.1. The summed E-state index contributed by atoms with van der Waals surface area (Å²) in [6, 6.07) is 3.75. The predicted molar refractivity (Wildman–Crippen MR) is 88.6 cm³/mol. The molecule has 0 bridgehead atoms. The van der Waals surface area contributed by atoms with Crippen LogP contribution in [0.1, 0.15) is 31.4 Å². The molecular weight excluding hydrogens is 312 g/mol. The van der Waals surface area contributed by atoms with Gasteiger partial charge in [0.05, 0.1) is 0 Å². The van der Waals surface area contributed by atoms with Crippen LogP contribution in [0.5, 0.6) is 0 Å². The minimum absolute atomic E-state index is 0.0621. The van der Waals surface area contributed by atoms with Gasteiger partial charge in [-0.3, -0.25) is 14.6 Å². The van der Waals surface area contributed by atoms with Crippen molar-refractivity contribution in [3.63, 3.8) is 0 Å². The molecule has 0 saturated carbocycles. The number of piperazine rings is 1. The molecule has 2 fully saturated rings. The van der Waals surface area contributed by atoms with Crippen molar-refractivity contribution in [1.29, 1.82) is 0 Å². The van der Waals surface area contributed by atoms with Crippen LogP contribution in [0.25, 0.3) is 0 Å². The van der Waals surface area contributed by atoms with Crippen LogP contribution in [-0.4, -0.2) is 66.4 Å². The quantitative estimate of drug-likeness (QED) is 0.825. The highest BCUT2D eigenvalue weighted by Crippen LogP contribution is 2.24. The number of nitrogens with zero attached hydrogens (tertiary/aromatic N) is 3. The first-order chi connectivity index (χ1) is 11.5. The average molecular weight is 337 g/mol. The lowest BCUT2D eigenvalue weighted by molar-refractivity contribution is -0.127. The van der Waals surface area contributed by atoms with Crippen molar-refractivity contribution in [3.8, 4) is 0 Å². The maximum absolute atomic E-state index is 13.9. The van der Waals surface area contributed by atoms with Gasteiger partial charge in [-0.2, -0.15) is 0 Å². The molecule has 132 valence electrons. The van der Waals surface area contributed by atoms with Crippen LogP contribution in [0.3, 0.4) is 0 Å². The second-order valence-corrected chi connectivity index (χ2v) is 6.70. The van der Waals surface area contributed by atoms with Crippen LogP contribution in [-0.2, 0) is 4.79 Å². The van der Waals surface area contributed by atoms with E-state index in [4.69, 9.17) is 0 Å². The fraction of sp³-hybridized carbons (Fsp3) is 0.611. The molecule has 0 N–H and O–H groups in total. The van der Waals surface area contributed by atoms with E-state index in [0.717, 1.165) is 58.3 Å². The predicted octanol–water partition coefficient (Wildman–Crippen LogP) is 2.27. The number of halogens is 2. The number of likely N-dealkylation sites (tertiary alicyclic amines) is 1. The lowest BCUT2D eigenvalue weighted by Crippen LogP contribution is -2.49. The van der Waals surface area contributed by atoms with Crippen LogP contribution < -0.4 is 0 Å². The summed E-state index contributed by atoms with van der Waals surface area (Å²) in [5, 5.41) is 0. The molecule has 6 heteroatoms. The summed E-state index contributed by atoms with van der Waals surface area (Å²) in [6.07, 6.45) is 1.67. The molecular formula is C18H25F2N3O. The number of carbonyl (C=O) groups excluding carboxylic acids is 1. The van der Waals surface area contributed by atoms with E-state index in [1.54, 1.807) is 6.07 Å². The van der Waals surface area contributed by atoms with Crippen LogP contribution >= 0.6 is 0 Å². The molecule has 2 saturated heterocycles. The van der Waals surface area contributed by atoms with Gasteiger partial charge in [0.2, 0.25) is 5.91 Å². The first-order valence-corrected chi connectivity index (χ1v) is 8.74. The molecule has 0 spiro atoms.